The van der Waals surface area contributed by atoms with Crippen molar-refractivity contribution in [2.45, 2.75) is 19.1 Å². The van der Waals surface area contributed by atoms with Crippen molar-refractivity contribution in [3.8, 4) is 0 Å². The van der Waals surface area contributed by atoms with Gasteiger partial charge in [-0.3, -0.25) is 9.59 Å². The molecule has 1 aliphatic heterocycles. The Morgan fingerprint density at radius 3 is 2.89 bits per heavy atom. The number of halogens is 3. The summed E-state index contributed by atoms with van der Waals surface area (Å²) in [6, 6.07) is 7.70. The zero-order valence-corrected chi connectivity index (χ0v) is 14.4. The molecule has 28 heavy (non-hydrogen) atoms. The maximum atomic E-state index is 12.7. The molecule has 0 saturated carbocycles. The standard InChI is InChI=1S/C18H15F3N4O3/c19-18(20,21)17-23-13-4-3-11(7-14(13)24-17)22-16(27)10-6-15(26)25(8-10)9-12-2-1-5-28-12/h1-5,7,10H,6,8-9H2,(H,22,27)(H,23,24)/t10-/m1/s1. The van der Waals surface area contributed by atoms with Crippen LogP contribution in [0.4, 0.5) is 18.9 Å². The molecule has 0 bridgehead atoms. The van der Waals surface area contributed by atoms with Crippen LogP contribution in [0.2, 0.25) is 0 Å². The summed E-state index contributed by atoms with van der Waals surface area (Å²) in [5, 5.41) is 2.65. The molecule has 1 fully saturated rings. The second kappa shape index (κ2) is 6.70. The normalized spacial score (nSPS) is 17.5. The minimum atomic E-state index is -4.58. The molecular formula is C18H15F3N4O3. The Hall–Kier alpha value is -3.30. The minimum Gasteiger partial charge on any atom is -0.467 e. The van der Waals surface area contributed by atoms with E-state index in [-0.39, 0.29) is 42.4 Å². The van der Waals surface area contributed by atoms with Gasteiger partial charge in [-0.15, -0.1) is 0 Å². The zero-order valence-electron chi connectivity index (χ0n) is 14.4. The van der Waals surface area contributed by atoms with Crippen LogP contribution in [0, 0.1) is 5.92 Å². The smallest absolute Gasteiger partial charge is 0.449 e. The van der Waals surface area contributed by atoms with E-state index in [0.29, 0.717) is 11.4 Å². The van der Waals surface area contributed by atoms with Gasteiger partial charge in [-0.2, -0.15) is 13.2 Å². The van der Waals surface area contributed by atoms with Crippen molar-refractivity contribution in [3.05, 3.63) is 48.2 Å². The Kier molecular flexibility index (Phi) is 4.33. The Morgan fingerprint density at radius 1 is 1.36 bits per heavy atom. The number of carbonyl (C=O) groups is 2. The van der Waals surface area contributed by atoms with Gasteiger partial charge in [0.25, 0.3) is 0 Å². The van der Waals surface area contributed by atoms with Gasteiger partial charge in [0.1, 0.15) is 5.76 Å². The number of anilines is 1. The quantitative estimate of drug-likeness (QED) is 0.714. The third kappa shape index (κ3) is 3.57. The Morgan fingerprint density at radius 2 is 2.18 bits per heavy atom. The van der Waals surface area contributed by atoms with Crippen LogP contribution < -0.4 is 5.32 Å². The van der Waals surface area contributed by atoms with Crippen molar-refractivity contribution in [1.29, 1.82) is 0 Å². The van der Waals surface area contributed by atoms with Crippen molar-refractivity contribution in [3.63, 3.8) is 0 Å². The van der Waals surface area contributed by atoms with Crippen LogP contribution in [0.25, 0.3) is 11.0 Å². The van der Waals surface area contributed by atoms with Crippen molar-refractivity contribution in [1.82, 2.24) is 14.9 Å². The lowest BCUT2D eigenvalue weighted by Crippen LogP contribution is -2.27. The first-order valence-electron chi connectivity index (χ1n) is 8.47. The molecule has 0 radical (unpaired) electrons. The summed E-state index contributed by atoms with van der Waals surface area (Å²) in [7, 11) is 0. The molecular weight excluding hydrogens is 377 g/mol. The number of aromatic amines is 1. The summed E-state index contributed by atoms with van der Waals surface area (Å²) in [5.74, 6) is -1.55. The highest BCUT2D eigenvalue weighted by Gasteiger charge is 2.36. The molecule has 2 amide bonds. The van der Waals surface area contributed by atoms with E-state index in [1.165, 1.54) is 29.4 Å². The highest BCUT2D eigenvalue weighted by Crippen LogP contribution is 2.29. The summed E-state index contributed by atoms with van der Waals surface area (Å²) >= 11 is 0. The molecule has 1 atom stereocenters. The minimum absolute atomic E-state index is 0.0665. The molecule has 2 aromatic heterocycles. The molecule has 1 saturated heterocycles. The summed E-state index contributed by atoms with van der Waals surface area (Å²) in [6.07, 6.45) is -3.00. The SMILES string of the molecule is O=C(Nc1ccc2nc(C(F)(F)F)[nH]c2c1)[C@@H]1CC(=O)N(Cc2ccco2)C1. The predicted molar refractivity (Wildman–Crippen MR) is 92.0 cm³/mol. The highest BCUT2D eigenvalue weighted by molar-refractivity contribution is 5.98. The lowest BCUT2D eigenvalue weighted by Gasteiger charge is -2.15. The lowest BCUT2D eigenvalue weighted by atomic mass is 10.1. The number of fused-ring (bicyclic) bond motifs is 1. The molecule has 1 aromatic carbocycles. The van der Waals surface area contributed by atoms with E-state index in [0.717, 1.165) is 0 Å². The molecule has 7 nitrogen and oxygen atoms in total. The van der Waals surface area contributed by atoms with E-state index in [1.54, 1.807) is 12.1 Å². The fourth-order valence-electron chi connectivity index (χ4n) is 3.16. The molecule has 3 heterocycles. The zero-order chi connectivity index (χ0) is 19.9. The molecule has 10 heteroatoms. The first-order chi connectivity index (χ1) is 13.3. The summed E-state index contributed by atoms with van der Waals surface area (Å²) < 4.78 is 43.4. The number of nitrogens with one attached hydrogen (secondary N) is 2. The van der Waals surface area contributed by atoms with Gasteiger partial charge in [0.15, 0.2) is 0 Å². The summed E-state index contributed by atoms with van der Waals surface area (Å²) in [6.45, 7) is 0.534. The number of likely N-dealkylation sites (tertiary alicyclic amines) is 1. The number of rotatable bonds is 4. The number of benzene rings is 1. The van der Waals surface area contributed by atoms with E-state index >= 15 is 0 Å². The molecule has 1 aliphatic rings. The van der Waals surface area contributed by atoms with Gasteiger partial charge >= 0.3 is 6.18 Å². The van der Waals surface area contributed by atoms with Gasteiger partial charge in [-0.25, -0.2) is 4.98 Å². The molecule has 146 valence electrons. The van der Waals surface area contributed by atoms with Crippen LogP contribution >= 0.6 is 0 Å². The fraction of sp³-hybridized carbons (Fsp3) is 0.278. The number of nitrogens with zero attached hydrogens (tertiary/aromatic N) is 2. The molecule has 2 N–H and O–H groups in total. The highest BCUT2D eigenvalue weighted by atomic mass is 19.4. The third-order valence-electron chi connectivity index (χ3n) is 4.53. The number of H-pyrrole nitrogens is 1. The van der Waals surface area contributed by atoms with E-state index < -0.39 is 17.9 Å². The average Bonchev–Trinajstić information content (AvgIpc) is 3.35. The van der Waals surface area contributed by atoms with Gasteiger partial charge in [-0.1, -0.05) is 0 Å². The van der Waals surface area contributed by atoms with Crippen LogP contribution in [0.5, 0.6) is 0 Å². The number of hydrogen-bond donors (Lipinski definition) is 2. The van der Waals surface area contributed by atoms with Crippen molar-refractivity contribution in [2.75, 3.05) is 11.9 Å². The molecule has 0 aliphatic carbocycles. The number of carbonyl (C=O) groups excluding carboxylic acids is 2. The molecule has 3 aromatic rings. The van der Waals surface area contributed by atoms with Crippen LogP contribution in [0.15, 0.2) is 41.0 Å². The van der Waals surface area contributed by atoms with Crippen molar-refractivity contribution < 1.29 is 27.2 Å². The number of furan rings is 1. The van der Waals surface area contributed by atoms with Gasteiger partial charge in [0, 0.05) is 18.7 Å². The van der Waals surface area contributed by atoms with Gasteiger partial charge in [0.2, 0.25) is 17.6 Å². The maximum absolute atomic E-state index is 12.7. The Labute approximate surface area is 156 Å². The average molecular weight is 392 g/mol. The van der Waals surface area contributed by atoms with Gasteiger partial charge < -0.3 is 19.6 Å². The number of hydrogen-bond acceptors (Lipinski definition) is 4. The largest absolute Gasteiger partial charge is 0.467 e. The van der Waals surface area contributed by atoms with Crippen LogP contribution in [0.3, 0.4) is 0 Å². The van der Waals surface area contributed by atoms with E-state index in [9.17, 15) is 22.8 Å². The molecule has 0 unspecified atom stereocenters. The van der Waals surface area contributed by atoms with E-state index in [4.69, 9.17) is 4.42 Å². The lowest BCUT2D eigenvalue weighted by molar-refractivity contribution is -0.144. The van der Waals surface area contributed by atoms with E-state index in [1.807, 2.05) is 0 Å². The van der Waals surface area contributed by atoms with Crippen molar-refractivity contribution in [2.24, 2.45) is 5.92 Å². The first kappa shape index (κ1) is 18.1. The van der Waals surface area contributed by atoms with Gasteiger partial charge in [-0.05, 0) is 30.3 Å². The maximum Gasteiger partial charge on any atom is 0.449 e. The second-order valence-electron chi connectivity index (χ2n) is 6.56. The topological polar surface area (TPSA) is 91.2 Å². The third-order valence-corrected chi connectivity index (χ3v) is 4.53. The first-order valence-corrected chi connectivity index (χ1v) is 8.47. The number of alkyl halides is 3. The fourth-order valence-corrected chi connectivity index (χ4v) is 3.16. The second-order valence-corrected chi connectivity index (χ2v) is 6.56. The Bertz CT molecular complexity index is 1030. The number of imidazole rings is 1. The van der Waals surface area contributed by atoms with Crippen molar-refractivity contribution >= 4 is 28.5 Å². The predicted octanol–water partition coefficient (Wildman–Crippen LogP) is 3.16. The Balaban J connectivity index is 1.44. The molecule has 4 rings (SSSR count). The van der Waals surface area contributed by atoms with Crippen LogP contribution in [0.1, 0.15) is 18.0 Å². The molecule has 0 spiro atoms. The summed E-state index contributed by atoms with van der Waals surface area (Å²) in [5.41, 5.74) is 0.630. The van der Waals surface area contributed by atoms with Crippen LogP contribution in [-0.2, 0) is 22.3 Å². The van der Waals surface area contributed by atoms with E-state index in [2.05, 4.69) is 15.3 Å². The summed E-state index contributed by atoms with van der Waals surface area (Å²) in [4.78, 5) is 31.8. The monoisotopic (exact) mass is 392 g/mol. The van der Waals surface area contributed by atoms with Gasteiger partial charge in [0.05, 0.1) is 29.8 Å². The number of amides is 2. The van der Waals surface area contributed by atoms with Crippen LogP contribution in [-0.4, -0.2) is 33.2 Å². The number of aromatic nitrogens is 2.